The Morgan fingerprint density at radius 1 is 1.05 bits per heavy atom. The molecule has 20 heavy (non-hydrogen) atoms. The lowest BCUT2D eigenvalue weighted by molar-refractivity contribution is -0.141. The Morgan fingerprint density at radius 2 is 1.65 bits per heavy atom. The Bertz CT molecular complexity index is 404. The summed E-state index contributed by atoms with van der Waals surface area (Å²) in [6.07, 6.45) is 2.47. The second kappa shape index (κ2) is 6.11. The number of rotatable bonds is 3. The van der Waals surface area contributed by atoms with Gasteiger partial charge in [0.25, 0.3) is 0 Å². The summed E-state index contributed by atoms with van der Waals surface area (Å²) < 4.78 is 0. The van der Waals surface area contributed by atoms with Crippen molar-refractivity contribution in [3.05, 3.63) is 0 Å². The summed E-state index contributed by atoms with van der Waals surface area (Å²) in [6, 6.07) is -0.0775. The Balaban J connectivity index is 1.80. The smallest absolute Gasteiger partial charge is 0.320 e. The Morgan fingerprint density at radius 3 is 2.15 bits per heavy atom. The van der Waals surface area contributed by atoms with Crippen molar-refractivity contribution in [1.29, 1.82) is 0 Å². The Labute approximate surface area is 117 Å². The van der Waals surface area contributed by atoms with E-state index >= 15 is 0 Å². The summed E-state index contributed by atoms with van der Waals surface area (Å²) >= 11 is 0. The van der Waals surface area contributed by atoms with Gasteiger partial charge in [-0.25, -0.2) is 4.79 Å². The van der Waals surface area contributed by atoms with Gasteiger partial charge in [0.05, 0.1) is 5.92 Å². The number of likely N-dealkylation sites (tertiary alicyclic amines) is 2. The van der Waals surface area contributed by atoms with Gasteiger partial charge >= 0.3 is 12.0 Å². The summed E-state index contributed by atoms with van der Waals surface area (Å²) in [7, 11) is 0. The number of hydrogen-bond acceptors (Lipinski definition) is 3. The van der Waals surface area contributed by atoms with Gasteiger partial charge < -0.3 is 20.6 Å². The van der Waals surface area contributed by atoms with Gasteiger partial charge in [0, 0.05) is 32.6 Å². The van der Waals surface area contributed by atoms with E-state index in [-0.39, 0.29) is 17.9 Å². The first-order chi connectivity index (χ1) is 9.47. The van der Waals surface area contributed by atoms with E-state index in [0.29, 0.717) is 39.0 Å². The minimum atomic E-state index is -0.833. The largest absolute Gasteiger partial charge is 0.481 e. The molecule has 2 rings (SSSR count). The van der Waals surface area contributed by atoms with Crippen LogP contribution in [0.3, 0.4) is 0 Å². The lowest BCUT2D eigenvalue weighted by Crippen LogP contribution is -2.46. The molecular formula is C13H21N3O4. The average Bonchev–Trinajstić information content (AvgIpc) is 2.88. The number of carboxylic acids is 1. The minimum absolute atomic E-state index is 0.0775. The van der Waals surface area contributed by atoms with Gasteiger partial charge in [0.1, 0.15) is 0 Å². The molecule has 0 aromatic carbocycles. The van der Waals surface area contributed by atoms with Crippen molar-refractivity contribution in [3.63, 3.8) is 0 Å². The predicted molar refractivity (Wildman–Crippen MR) is 70.8 cm³/mol. The zero-order valence-electron chi connectivity index (χ0n) is 11.5. The lowest BCUT2D eigenvalue weighted by atomic mass is 9.93. The molecule has 2 saturated heterocycles. The molecule has 0 saturated carbocycles. The van der Waals surface area contributed by atoms with E-state index in [1.807, 2.05) is 0 Å². The molecule has 0 aromatic heterocycles. The van der Waals surface area contributed by atoms with Gasteiger partial charge in [-0.3, -0.25) is 9.59 Å². The lowest BCUT2D eigenvalue weighted by Gasteiger charge is -2.34. The monoisotopic (exact) mass is 283 g/mol. The molecule has 0 aliphatic carbocycles. The van der Waals surface area contributed by atoms with Gasteiger partial charge in [0.15, 0.2) is 0 Å². The van der Waals surface area contributed by atoms with E-state index in [1.54, 1.807) is 9.80 Å². The molecule has 0 aromatic rings. The van der Waals surface area contributed by atoms with Crippen molar-refractivity contribution in [2.75, 3.05) is 26.2 Å². The highest BCUT2D eigenvalue weighted by molar-refractivity contribution is 5.77. The fourth-order valence-electron chi connectivity index (χ4n) is 2.95. The molecule has 7 nitrogen and oxygen atoms in total. The van der Waals surface area contributed by atoms with Gasteiger partial charge in [-0.05, 0) is 25.2 Å². The first-order valence-electron chi connectivity index (χ1n) is 7.02. The Kier molecular flexibility index (Phi) is 4.46. The first-order valence-corrected chi connectivity index (χ1v) is 7.02. The van der Waals surface area contributed by atoms with E-state index in [1.165, 1.54) is 0 Å². The SMILES string of the molecule is NC(=O)CC1CCN(C(=O)N2CCC(C(=O)O)C2)CC1. The third kappa shape index (κ3) is 3.40. The van der Waals surface area contributed by atoms with Crippen molar-refractivity contribution in [2.24, 2.45) is 17.6 Å². The highest BCUT2D eigenvalue weighted by Gasteiger charge is 2.34. The summed E-state index contributed by atoms with van der Waals surface area (Å²) in [5.41, 5.74) is 5.18. The van der Waals surface area contributed by atoms with Crippen molar-refractivity contribution in [1.82, 2.24) is 9.80 Å². The average molecular weight is 283 g/mol. The first kappa shape index (κ1) is 14.6. The molecule has 112 valence electrons. The zero-order valence-corrected chi connectivity index (χ0v) is 11.5. The van der Waals surface area contributed by atoms with Crippen molar-refractivity contribution < 1.29 is 19.5 Å². The topological polar surface area (TPSA) is 104 Å². The van der Waals surface area contributed by atoms with E-state index in [2.05, 4.69) is 0 Å². The molecule has 0 bridgehead atoms. The number of carbonyl (C=O) groups is 3. The maximum absolute atomic E-state index is 12.3. The normalized spacial score (nSPS) is 23.9. The van der Waals surface area contributed by atoms with Crippen LogP contribution in [0.2, 0.25) is 0 Å². The fourth-order valence-corrected chi connectivity index (χ4v) is 2.95. The van der Waals surface area contributed by atoms with E-state index in [4.69, 9.17) is 10.8 Å². The number of aliphatic carboxylic acids is 1. The zero-order chi connectivity index (χ0) is 14.7. The van der Waals surface area contributed by atoms with Crippen LogP contribution in [0.5, 0.6) is 0 Å². The fraction of sp³-hybridized carbons (Fsp3) is 0.769. The molecule has 2 aliphatic heterocycles. The van der Waals surface area contributed by atoms with Gasteiger partial charge in [-0.15, -0.1) is 0 Å². The maximum atomic E-state index is 12.3. The van der Waals surface area contributed by atoms with Gasteiger partial charge in [-0.2, -0.15) is 0 Å². The molecule has 1 atom stereocenters. The number of hydrogen-bond donors (Lipinski definition) is 2. The Hall–Kier alpha value is -1.79. The molecule has 0 radical (unpaired) electrons. The van der Waals surface area contributed by atoms with E-state index in [0.717, 1.165) is 12.8 Å². The molecule has 2 aliphatic rings. The van der Waals surface area contributed by atoms with Crippen LogP contribution in [0.4, 0.5) is 4.79 Å². The van der Waals surface area contributed by atoms with Crippen LogP contribution in [0.15, 0.2) is 0 Å². The number of carbonyl (C=O) groups excluding carboxylic acids is 2. The van der Waals surface area contributed by atoms with Crippen LogP contribution in [-0.2, 0) is 9.59 Å². The van der Waals surface area contributed by atoms with Gasteiger partial charge in [-0.1, -0.05) is 0 Å². The summed E-state index contributed by atoms with van der Waals surface area (Å²) in [5.74, 6) is -1.30. The summed E-state index contributed by atoms with van der Waals surface area (Å²) in [5, 5.41) is 8.95. The van der Waals surface area contributed by atoms with Crippen molar-refractivity contribution in [3.8, 4) is 0 Å². The highest BCUT2D eigenvalue weighted by atomic mass is 16.4. The molecule has 2 heterocycles. The molecule has 7 heteroatoms. The predicted octanol–water partition coefficient (Wildman–Crippen LogP) is 0.100. The second-order valence-electron chi connectivity index (χ2n) is 5.65. The number of piperidine rings is 1. The third-order valence-corrected chi connectivity index (χ3v) is 4.18. The number of nitrogens with two attached hydrogens (primary N) is 1. The molecule has 2 fully saturated rings. The molecule has 0 spiro atoms. The van der Waals surface area contributed by atoms with Crippen LogP contribution in [0, 0.1) is 11.8 Å². The molecule has 3 N–H and O–H groups in total. The quantitative estimate of drug-likeness (QED) is 0.766. The standard InChI is InChI=1S/C13H21N3O4/c14-11(17)7-9-1-4-15(5-2-9)13(20)16-6-3-10(8-16)12(18)19/h9-10H,1-8H2,(H2,14,17)(H,18,19). The molecule has 1 unspecified atom stereocenters. The molecular weight excluding hydrogens is 262 g/mol. The number of urea groups is 1. The van der Waals surface area contributed by atoms with Crippen LogP contribution in [-0.4, -0.2) is 59.0 Å². The number of primary amides is 1. The summed E-state index contributed by atoms with van der Waals surface area (Å²) in [6.45, 7) is 2.04. The summed E-state index contributed by atoms with van der Waals surface area (Å²) in [4.78, 5) is 37.4. The maximum Gasteiger partial charge on any atom is 0.320 e. The van der Waals surface area contributed by atoms with E-state index in [9.17, 15) is 14.4 Å². The van der Waals surface area contributed by atoms with Crippen molar-refractivity contribution >= 4 is 17.9 Å². The van der Waals surface area contributed by atoms with Crippen LogP contribution < -0.4 is 5.73 Å². The minimum Gasteiger partial charge on any atom is -0.481 e. The highest BCUT2D eigenvalue weighted by Crippen LogP contribution is 2.23. The van der Waals surface area contributed by atoms with Crippen LogP contribution >= 0.6 is 0 Å². The molecule has 3 amide bonds. The third-order valence-electron chi connectivity index (χ3n) is 4.18. The van der Waals surface area contributed by atoms with E-state index < -0.39 is 11.9 Å². The van der Waals surface area contributed by atoms with Crippen molar-refractivity contribution in [2.45, 2.75) is 25.7 Å². The van der Waals surface area contributed by atoms with Crippen LogP contribution in [0.25, 0.3) is 0 Å². The second-order valence-corrected chi connectivity index (χ2v) is 5.65. The van der Waals surface area contributed by atoms with Crippen LogP contribution in [0.1, 0.15) is 25.7 Å². The van der Waals surface area contributed by atoms with Gasteiger partial charge in [0.2, 0.25) is 5.91 Å². The number of carboxylic acid groups (broad SMARTS) is 1. The number of nitrogens with zero attached hydrogens (tertiary/aromatic N) is 2. The number of amides is 3.